The van der Waals surface area contributed by atoms with Crippen LogP contribution in [0.15, 0.2) is 0 Å². The van der Waals surface area contributed by atoms with E-state index in [-0.39, 0.29) is 5.41 Å². The minimum Gasteiger partial charge on any atom is -0.347 e. The molecule has 0 aromatic carbocycles. The standard InChI is InChI=1S/C12H24N4S/c1-5-7-10-14-11(17-15-10)16(6-2)9-12(3,4)8-13/h5-9,13H2,1-4H3. The number of aryl methyl sites for hydroxylation is 1. The maximum absolute atomic E-state index is 5.78. The Morgan fingerprint density at radius 3 is 2.59 bits per heavy atom. The van der Waals surface area contributed by atoms with Gasteiger partial charge in [-0.3, -0.25) is 0 Å². The third-order valence-corrected chi connectivity index (χ3v) is 3.57. The zero-order chi connectivity index (χ0) is 12.9. The topological polar surface area (TPSA) is 55.0 Å². The molecule has 0 unspecified atom stereocenters. The number of hydrogen-bond donors (Lipinski definition) is 1. The first kappa shape index (κ1) is 14.4. The Kier molecular flexibility index (Phi) is 5.33. The summed E-state index contributed by atoms with van der Waals surface area (Å²) in [7, 11) is 0. The van der Waals surface area contributed by atoms with E-state index in [0.29, 0.717) is 6.54 Å². The molecular formula is C12H24N4S. The summed E-state index contributed by atoms with van der Waals surface area (Å²) >= 11 is 1.50. The van der Waals surface area contributed by atoms with Crippen molar-refractivity contribution in [2.24, 2.45) is 11.1 Å². The van der Waals surface area contributed by atoms with E-state index in [1.165, 1.54) is 11.5 Å². The molecule has 5 heteroatoms. The lowest BCUT2D eigenvalue weighted by molar-refractivity contribution is 0.379. The second-order valence-electron chi connectivity index (χ2n) is 5.13. The first-order valence-electron chi connectivity index (χ1n) is 6.30. The van der Waals surface area contributed by atoms with Gasteiger partial charge in [-0.2, -0.15) is 4.37 Å². The van der Waals surface area contributed by atoms with Crippen molar-refractivity contribution >= 4 is 16.7 Å². The first-order chi connectivity index (χ1) is 8.02. The van der Waals surface area contributed by atoms with Gasteiger partial charge < -0.3 is 10.6 Å². The molecular weight excluding hydrogens is 232 g/mol. The SMILES string of the molecule is CCCc1nsc(N(CC)CC(C)(C)CN)n1. The summed E-state index contributed by atoms with van der Waals surface area (Å²) in [5, 5.41) is 1.03. The van der Waals surface area contributed by atoms with Gasteiger partial charge in [-0.1, -0.05) is 20.8 Å². The largest absolute Gasteiger partial charge is 0.347 e. The van der Waals surface area contributed by atoms with Crippen LogP contribution < -0.4 is 10.6 Å². The zero-order valence-corrected chi connectivity index (χ0v) is 12.2. The average Bonchev–Trinajstić information content (AvgIpc) is 2.75. The van der Waals surface area contributed by atoms with E-state index in [9.17, 15) is 0 Å². The number of aromatic nitrogens is 2. The third kappa shape index (κ3) is 4.24. The number of nitrogens with zero attached hydrogens (tertiary/aromatic N) is 3. The second kappa shape index (κ2) is 6.31. The quantitative estimate of drug-likeness (QED) is 0.813. The molecule has 17 heavy (non-hydrogen) atoms. The molecule has 1 heterocycles. The van der Waals surface area contributed by atoms with Crippen molar-refractivity contribution in [2.75, 3.05) is 24.5 Å². The molecule has 0 saturated carbocycles. The van der Waals surface area contributed by atoms with E-state index in [0.717, 1.165) is 36.9 Å². The molecule has 0 atom stereocenters. The van der Waals surface area contributed by atoms with Crippen molar-refractivity contribution in [3.8, 4) is 0 Å². The van der Waals surface area contributed by atoms with Gasteiger partial charge in [0.25, 0.3) is 0 Å². The fourth-order valence-electron chi connectivity index (χ4n) is 1.59. The zero-order valence-electron chi connectivity index (χ0n) is 11.4. The summed E-state index contributed by atoms with van der Waals surface area (Å²) in [6.07, 6.45) is 2.06. The van der Waals surface area contributed by atoms with Crippen LogP contribution in [0, 0.1) is 5.41 Å². The molecule has 2 N–H and O–H groups in total. The number of rotatable bonds is 7. The van der Waals surface area contributed by atoms with Gasteiger partial charge in [0.05, 0.1) is 0 Å². The van der Waals surface area contributed by atoms with Crippen molar-refractivity contribution < 1.29 is 0 Å². The highest BCUT2D eigenvalue weighted by atomic mass is 32.1. The van der Waals surface area contributed by atoms with Crippen molar-refractivity contribution in [2.45, 2.75) is 40.5 Å². The molecule has 98 valence electrons. The average molecular weight is 256 g/mol. The predicted octanol–water partition coefficient (Wildman–Crippen LogP) is 2.30. The van der Waals surface area contributed by atoms with Crippen LogP contribution in [-0.2, 0) is 6.42 Å². The number of anilines is 1. The molecule has 1 rings (SSSR count). The van der Waals surface area contributed by atoms with Crippen LogP contribution in [0.25, 0.3) is 0 Å². The van der Waals surface area contributed by atoms with Gasteiger partial charge in [0.2, 0.25) is 5.13 Å². The fraction of sp³-hybridized carbons (Fsp3) is 0.833. The van der Waals surface area contributed by atoms with Crippen LogP contribution in [0.4, 0.5) is 5.13 Å². The molecule has 0 amide bonds. The second-order valence-corrected chi connectivity index (χ2v) is 5.86. The van der Waals surface area contributed by atoms with E-state index in [1.54, 1.807) is 0 Å². The Balaban J connectivity index is 2.72. The van der Waals surface area contributed by atoms with E-state index in [1.807, 2.05) is 0 Å². The molecule has 4 nitrogen and oxygen atoms in total. The van der Waals surface area contributed by atoms with Gasteiger partial charge >= 0.3 is 0 Å². The molecule has 0 aliphatic rings. The molecule has 0 saturated heterocycles. The third-order valence-electron chi connectivity index (χ3n) is 2.75. The highest BCUT2D eigenvalue weighted by molar-refractivity contribution is 7.09. The summed E-state index contributed by atoms with van der Waals surface area (Å²) in [5.41, 5.74) is 5.90. The Morgan fingerprint density at radius 1 is 1.35 bits per heavy atom. The Labute approximate surface area is 108 Å². The first-order valence-corrected chi connectivity index (χ1v) is 7.07. The summed E-state index contributed by atoms with van der Waals surface area (Å²) in [4.78, 5) is 6.85. The Bertz CT molecular complexity index is 335. The van der Waals surface area contributed by atoms with Crippen LogP contribution in [0.2, 0.25) is 0 Å². The number of hydrogen-bond acceptors (Lipinski definition) is 5. The number of nitrogens with two attached hydrogens (primary N) is 1. The summed E-state index contributed by atoms with van der Waals surface area (Å²) in [6.45, 7) is 11.2. The minimum atomic E-state index is 0.118. The predicted molar refractivity (Wildman–Crippen MR) is 74.6 cm³/mol. The highest BCUT2D eigenvalue weighted by Crippen LogP contribution is 2.23. The fourth-order valence-corrected chi connectivity index (χ4v) is 2.37. The maximum atomic E-state index is 5.78. The van der Waals surface area contributed by atoms with Gasteiger partial charge in [0, 0.05) is 31.0 Å². The summed E-state index contributed by atoms with van der Waals surface area (Å²) in [6, 6.07) is 0. The monoisotopic (exact) mass is 256 g/mol. The summed E-state index contributed by atoms with van der Waals surface area (Å²) in [5.74, 6) is 0.969. The highest BCUT2D eigenvalue weighted by Gasteiger charge is 2.21. The Morgan fingerprint density at radius 2 is 2.06 bits per heavy atom. The molecule has 1 aromatic rings. The lowest BCUT2D eigenvalue weighted by Crippen LogP contribution is -2.38. The van der Waals surface area contributed by atoms with Gasteiger partial charge in [0.1, 0.15) is 5.82 Å². The summed E-state index contributed by atoms with van der Waals surface area (Å²) < 4.78 is 4.39. The maximum Gasteiger partial charge on any atom is 0.205 e. The molecule has 0 radical (unpaired) electrons. The van der Waals surface area contributed by atoms with E-state index < -0.39 is 0 Å². The van der Waals surface area contributed by atoms with Gasteiger partial charge in [-0.25, -0.2) is 4.98 Å². The van der Waals surface area contributed by atoms with Gasteiger partial charge in [0.15, 0.2) is 0 Å². The van der Waals surface area contributed by atoms with Crippen LogP contribution in [-0.4, -0.2) is 29.0 Å². The molecule has 0 bridgehead atoms. The molecule has 0 aliphatic carbocycles. The van der Waals surface area contributed by atoms with Crippen LogP contribution >= 0.6 is 11.5 Å². The lowest BCUT2D eigenvalue weighted by Gasteiger charge is -2.30. The van der Waals surface area contributed by atoms with E-state index in [4.69, 9.17) is 5.73 Å². The van der Waals surface area contributed by atoms with Crippen molar-refractivity contribution in [3.05, 3.63) is 5.82 Å². The van der Waals surface area contributed by atoms with Crippen LogP contribution in [0.3, 0.4) is 0 Å². The molecule has 0 fully saturated rings. The molecule has 0 aliphatic heterocycles. The van der Waals surface area contributed by atoms with Crippen LogP contribution in [0.1, 0.15) is 39.9 Å². The van der Waals surface area contributed by atoms with Crippen molar-refractivity contribution in [1.29, 1.82) is 0 Å². The van der Waals surface area contributed by atoms with Gasteiger partial charge in [-0.05, 0) is 25.3 Å². The smallest absolute Gasteiger partial charge is 0.205 e. The van der Waals surface area contributed by atoms with Gasteiger partial charge in [-0.15, -0.1) is 0 Å². The normalized spacial score (nSPS) is 11.8. The van der Waals surface area contributed by atoms with Crippen molar-refractivity contribution in [3.63, 3.8) is 0 Å². The Hall–Kier alpha value is -0.680. The minimum absolute atomic E-state index is 0.118. The lowest BCUT2D eigenvalue weighted by atomic mass is 9.93. The van der Waals surface area contributed by atoms with Crippen molar-refractivity contribution in [1.82, 2.24) is 9.36 Å². The van der Waals surface area contributed by atoms with Crippen LogP contribution in [0.5, 0.6) is 0 Å². The molecule has 1 aromatic heterocycles. The molecule has 0 spiro atoms. The van der Waals surface area contributed by atoms with E-state index in [2.05, 4.69) is 42.0 Å². The van der Waals surface area contributed by atoms with E-state index >= 15 is 0 Å².